The van der Waals surface area contributed by atoms with E-state index in [2.05, 4.69) is 5.32 Å². The van der Waals surface area contributed by atoms with Crippen LogP contribution in [0.2, 0.25) is 0 Å². The lowest BCUT2D eigenvalue weighted by Crippen LogP contribution is -2.43. The van der Waals surface area contributed by atoms with Crippen LogP contribution < -0.4 is 10.2 Å². The second-order valence-corrected chi connectivity index (χ2v) is 7.16. The highest BCUT2D eigenvalue weighted by Crippen LogP contribution is 2.23. The molecule has 6 heteroatoms. The maximum absolute atomic E-state index is 12.7. The Balaban J connectivity index is 1.90. The van der Waals surface area contributed by atoms with Gasteiger partial charge in [-0.2, -0.15) is 0 Å². The molecule has 0 radical (unpaired) electrons. The van der Waals surface area contributed by atoms with Crippen molar-refractivity contribution in [3.63, 3.8) is 0 Å². The lowest BCUT2D eigenvalue weighted by atomic mass is 10.2. The molecular weight excluding hydrogens is 312 g/mol. The summed E-state index contributed by atoms with van der Waals surface area (Å²) in [6.07, 6.45) is 1.55. The molecule has 2 aromatic rings. The number of para-hydroxylation sites is 2. The normalized spacial score (nSPS) is 18.5. The lowest BCUT2D eigenvalue weighted by Gasteiger charge is -2.27. The van der Waals surface area contributed by atoms with Crippen molar-refractivity contribution < 1.29 is 13.2 Å². The number of hydrogen-bond donors (Lipinski definition) is 1. The molecule has 1 aliphatic heterocycles. The topological polar surface area (TPSA) is 66.5 Å². The molecule has 0 saturated carbocycles. The highest BCUT2D eigenvalue weighted by molar-refractivity contribution is 7.94. The number of carbonyl (C=O) groups is 1. The van der Waals surface area contributed by atoms with E-state index in [1.165, 1.54) is 10.3 Å². The zero-order chi connectivity index (χ0) is 16.3. The molecule has 1 aliphatic rings. The largest absolute Gasteiger partial charge is 0.326 e. The van der Waals surface area contributed by atoms with Crippen molar-refractivity contribution in [2.24, 2.45) is 0 Å². The van der Waals surface area contributed by atoms with Gasteiger partial charge in [-0.15, -0.1) is 0 Å². The molecule has 0 saturated heterocycles. The number of anilines is 2. The van der Waals surface area contributed by atoms with E-state index >= 15 is 0 Å². The predicted molar refractivity (Wildman–Crippen MR) is 91.1 cm³/mol. The summed E-state index contributed by atoms with van der Waals surface area (Å²) in [6, 6.07) is 17.2. The Morgan fingerprint density at radius 3 is 2.17 bits per heavy atom. The Morgan fingerprint density at radius 2 is 1.61 bits per heavy atom. The molecule has 0 aliphatic carbocycles. The second kappa shape index (κ2) is 6.26. The molecule has 0 spiro atoms. The molecule has 5 nitrogen and oxygen atoms in total. The number of rotatable bonds is 3. The Morgan fingerprint density at radius 1 is 1.00 bits per heavy atom. The fourth-order valence-electron chi connectivity index (χ4n) is 2.47. The number of amides is 2. The van der Waals surface area contributed by atoms with Crippen molar-refractivity contribution in [2.75, 3.05) is 16.0 Å². The van der Waals surface area contributed by atoms with Crippen LogP contribution in [-0.2, 0) is 9.84 Å². The van der Waals surface area contributed by atoms with Crippen LogP contribution in [0, 0.1) is 0 Å². The quantitative estimate of drug-likeness (QED) is 0.942. The molecule has 1 unspecified atom stereocenters. The number of hydrogen-bond acceptors (Lipinski definition) is 3. The molecule has 1 heterocycles. The Kier molecular flexibility index (Phi) is 4.16. The van der Waals surface area contributed by atoms with Crippen molar-refractivity contribution in [1.29, 1.82) is 0 Å². The van der Waals surface area contributed by atoms with Crippen LogP contribution in [0.5, 0.6) is 0 Å². The van der Waals surface area contributed by atoms with E-state index in [0.717, 1.165) is 0 Å². The van der Waals surface area contributed by atoms with Gasteiger partial charge in [0.2, 0.25) is 0 Å². The van der Waals surface area contributed by atoms with Gasteiger partial charge in [0.1, 0.15) is 0 Å². The number of nitrogens with one attached hydrogen (secondary N) is 1. The van der Waals surface area contributed by atoms with E-state index in [4.69, 9.17) is 0 Å². The van der Waals surface area contributed by atoms with Crippen LogP contribution in [0.25, 0.3) is 0 Å². The average molecular weight is 328 g/mol. The van der Waals surface area contributed by atoms with Crippen molar-refractivity contribution in [2.45, 2.75) is 6.04 Å². The third-order valence-electron chi connectivity index (χ3n) is 3.52. The first-order valence-electron chi connectivity index (χ1n) is 7.16. The van der Waals surface area contributed by atoms with Crippen LogP contribution in [0.4, 0.5) is 16.2 Å². The maximum atomic E-state index is 12.7. The van der Waals surface area contributed by atoms with Crippen LogP contribution in [0.15, 0.2) is 72.1 Å². The molecule has 1 atom stereocenters. The van der Waals surface area contributed by atoms with E-state index in [0.29, 0.717) is 11.4 Å². The standard InChI is InChI=1S/C17H16N2O3S/c20-17(18-14-7-3-1-4-8-14)19(15-9-5-2-6-10-15)16-11-12-23(21,22)13-16/h1-12,16H,13H2,(H,18,20). The van der Waals surface area contributed by atoms with Gasteiger partial charge in [0.25, 0.3) is 0 Å². The molecule has 23 heavy (non-hydrogen) atoms. The zero-order valence-corrected chi connectivity index (χ0v) is 13.1. The van der Waals surface area contributed by atoms with E-state index in [1.54, 1.807) is 30.3 Å². The fraction of sp³-hybridized carbons (Fsp3) is 0.118. The average Bonchev–Trinajstić information content (AvgIpc) is 2.89. The van der Waals surface area contributed by atoms with Crippen molar-refractivity contribution in [3.05, 3.63) is 72.1 Å². The SMILES string of the molecule is O=C(Nc1ccccc1)N(c1ccccc1)C1C=CS(=O)(=O)C1. The van der Waals surface area contributed by atoms with Gasteiger partial charge in [0.15, 0.2) is 9.84 Å². The first-order chi connectivity index (χ1) is 11.1. The molecule has 2 aromatic carbocycles. The number of benzene rings is 2. The smallest absolute Gasteiger partial charge is 0.308 e. The summed E-state index contributed by atoms with van der Waals surface area (Å²) in [4.78, 5) is 14.2. The minimum Gasteiger partial charge on any atom is -0.308 e. The summed E-state index contributed by atoms with van der Waals surface area (Å²) >= 11 is 0. The van der Waals surface area contributed by atoms with Crippen LogP contribution in [0.1, 0.15) is 0 Å². The maximum Gasteiger partial charge on any atom is 0.326 e. The zero-order valence-electron chi connectivity index (χ0n) is 12.3. The number of carbonyl (C=O) groups excluding carboxylic acids is 1. The minimum absolute atomic E-state index is 0.107. The molecule has 3 rings (SSSR count). The summed E-state index contributed by atoms with van der Waals surface area (Å²) in [5, 5.41) is 3.97. The molecule has 118 valence electrons. The highest BCUT2D eigenvalue weighted by atomic mass is 32.2. The van der Waals surface area contributed by atoms with Gasteiger partial charge in [-0.1, -0.05) is 36.4 Å². The van der Waals surface area contributed by atoms with Crippen molar-refractivity contribution in [1.82, 2.24) is 0 Å². The summed E-state index contributed by atoms with van der Waals surface area (Å²) in [5.41, 5.74) is 1.30. The van der Waals surface area contributed by atoms with Crippen molar-refractivity contribution >= 4 is 27.2 Å². The summed E-state index contributed by atoms with van der Waals surface area (Å²) in [5.74, 6) is -0.107. The van der Waals surface area contributed by atoms with E-state index in [-0.39, 0.29) is 11.8 Å². The highest BCUT2D eigenvalue weighted by Gasteiger charge is 2.31. The first-order valence-corrected chi connectivity index (χ1v) is 8.88. The molecule has 0 bridgehead atoms. The molecule has 1 N–H and O–H groups in total. The van der Waals surface area contributed by atoms with Gasteiger partial charge in [0, 0.05) is 16.8 Å². The number of urea groups is 1. The minimum atomic E-state index is -3.26. The fourth-order valence-corrected chi connectivity index (χ4v) is 3.74. The molecular formula is C17H16N2O3S. The third kappa shape index (κ3) is 3.60. The van der Waals surface area contributed by atoms with Crippen LogP contribution in [0.3, 0.4) is 0 Å². The van der Waals surface area contributed by atoms with Gasteiger partial charge in [0.05, 0.1) is 11.8 Å². The Bertz CT molecular complexity index is 817. The van der Waals surface area contributed by atoms with Crippen LogP contribution >= 0.6 is 0 Å². The Hall–Kier alpha value is -2.60. The summed E-state index contributed by atoms with van der Waals surface area (Å²) < 4.78 is 23.4. The lowest BCUT2D eigenvalue weighted by molar-refractivity contribution is 0.256. The van der Waals surface area contributed by atoms with Gasteiger partial charge >= 0.3 is 6.03 Å². The number of nitrogens with zero attached hydrogens (tertiary/aromatic N) is 1. The van der Waals surface area contributed by atoms with Gasteiger partial charge in [-0.3, -0.25) is 4.90 Å². The van der Waals surface area contributed by atoms with Gasteiger partial charge in [-0.25, -0.2) is 13.2 Å². The van der Waals surface area contributed by atoms with Gasteiger partial charge < -0.3 is 5.32 Å². The van der Waals surface area contributed by atoms with E-state index < -0.39 is 15.9 Å². The first kappa shape index (κ1) is 15.3. The van der Waals surface area contributed by atoms with Crippen LogP contribution in [-0.4, -0.2) is 26.2 Å². The molecule has 2 amide bonds. The second-order valence-electron chi connectivity index (χ2n) is 5.23. The van der Waals surface area contributed by atoms with Gasteiger partial charge in [-0.05, 0) is 30.3 Å². The predicted octanol–water partition coefficient (Wildman–Crippen LogP) is 3.04. The van der Waals surface area contributed by atoms with Crippen molar-refractivity contribution in [3.8, 4) is 0 Å². The Labute approximate surface area is 135 Å². The van der Waals surface area contributed by atoms with E-state index in [9.17, 15) is 13.2 Å². The third-order valence-corrected chi connectivity index (χ3v) is 4.90. The number of sulfone groups is 1. The monoisotopic (exact) mass is 328 g/mol. The summed E-state index contributed by atoms with van der Waals surface area (Å²) in [7, 11) is -3.26. The molecule has 0 fully saturated rings. The molecule has 0 aromatic heterocycles. The summed E-state index contributed by atoms with van der Waals surface area (Å²) in [6.45, 7) is 0. The van der Waals surface area contributed by atoms with E-state index in [1.807, 2.05) is 36.4 Å².